The van der Waals surface area contributed by atoms with E-state index in [1.165, 1.54) is 5.56 Å². The molecule has 30 heavy (non-hydrogen) atoms. The fourth-order valence-corrected chi connectivity index (χ4v) is 3.65. The van der Waals surface area contributed by atoms with Gasteiger partial charge in [-0.15, -0.1) is 0 Å². The third kappa shape index (κ3) is 4.14. The number of nitriles is 1. The molecule has 3 aromatic rings. The summed E-state index contributed by atoms with van der Waals surface area (Å²) in [4.78, 5) is 4.42. The lowest BCUT2D eigenvalue weighted by Gasteiger charge is -2.27. The average molecular weight is 392 g/mol. The minimum absolute atomic E-state index is 0.0153. The molecule has 1 atom stereocenters. The SMILES string of the molecule is Cc1ccc(N(c2ccccc2)c2ccc(N(C)C3=CCC(C#N)C=C3)cc2)cc1. The molecule has 148 valence electrons. The van der Waals surface area contributed by atoms with E-state index in [0.717, 1.165) is 34.9 Å². The normalized spacial score (nSPS) is 15.2. The Hall–Kier alpha value is -3.77. The minimum Gasteiger partial charge on any atom is -0.345 e. The van der Waals surface area contributed by atoms with Crippen LogP contribution < -0.4 is 9.80 Å². The third-order valence-electron chi connectivity index (χ3n) is 5.44. The van der Waals surface area contributed by atoms with Gasteiger partial charge in [0.15, 0.2) is 0 Å². The van der Waals surface area contributed by atoms with Crippen molar-refractivity contribution < 1.29 is 0 Å². The number of hydrogen-bond donors (Lipinski definition) is 0. The molecule has 0 aromatic heterocycles. The molecule has 3 nitrogen and oxygen atoms in total. The van der Waals surface area contributed by atoms with Crippen LogP contribution in [-0.4, -0.2) is 7.05 Å². The van der Waals surface area contributed by atoms with Gasteiger partial charge in [0.1, 0.15) is 0 Å². The number of aryl methyl sites for hydroxylation is 1. The highest BCUT2D eigenvalue weighted by Gasteiger charge is 2.14. The van der Waals surface area contributed by atoms with Crippen LogP contribution in [0, 0.1) is 24.2 Å². The van der Waals surface area contributed by atoms with E-state index >= 15 is 0 Å². The van der Waals surface area contributed by atoms with Crippen LogP contribution in [0.3, 0.4) is 0 Å². The molecule has 3 aromatic carbocycles. The molecule has 1 aliphatic carbocycles. The molecule has 0 saturated carbocycles. The van der Waals surface area contributed by atoms with Crippen molar-refractivity contribution in [1.82, 2.24) is 0 Å². The van der Waals surface area contributed by atoms with Gasteiger partial charge in [0.2, 0.25) is 0 Å². The van der Waals surface area contributed by atoms with E-state index in [4.69, 9.17) is 5.26 Å². The first-order chi connectivity index (χ1) is 14.7. The predicted octanol–water partition coefficient (Wildman–Crippen LogP) is 6.88. The Morgan fingerprint density at radius 1 is 0.800 bits per heavy atom. The van der Waals surface area contributed by atoms with Gasteiger partial charge in [-0.25, -0.2) is 0 Å². The zero-order valence-electron chi connectivity index (χ0n) is 17.4. The van der Waals surface area contributed by atoms with Gasteiger partial charge < -0.3 is 9.80 Å². The van der Waals surface area contributed by atoms with Crippen LogP contribution in [0.5, 0.6) is 0 Å². The van der Waals surface area contributed by atoms with Crippen molar-refractivity contribution in [2.45, 2.75) is 13.3 Å². The first-order valence-corrected chi connectivity index (χ1v) is 10.2. The van der Waals surface area contributed by atoms with Gasteiger partial charge in [-0.05, 0) is 68.0 Å². The number of rotatable bonds is 5. The maximum Gasteiger partial charge on any atom is 0.0700 e. The Labute approximate surface area is 178 Å². The number of hydrogen-bond acceptors (Lipinski definition) is 3. The third-order valence-corrected chi connectivity index (χ3v) is 5.44. The van der Waals surface area contributed by atoms with Crippen LogP contribution in [0.4, 0.5) is 22.7 Å². The van der Waals surface area contributed by atoms with E-state index in [-0.39, 0.29) is 5.92 Å². The molecular formula is C27H25N3. The maximum atomic E-state index is 9.07. The molecule has 4 rings (SSSR count). The predicted molar refractivity (Wildman–Crippen MR) is 125 cm³/mol. The molecule has 0 N–H and O–H groups in total. The molecule has 0 heterocycles. The quantitative estimate of drug-likeness (QED) is 0.475. The largest absolute Gasteiger partial charge is 0.345 e. The Kier molecular flexibility index (Phi) is 5.68. The van der Waals surface area contributed by atoms with E-state index in [0.29, 0.717) is 0 Å². The first kappa shape index (κ1) is 19.5. The van der Waals surface area contributed by atoms with Crippen molar-refractivity contribution in [3.63, 3.8) is 0 Å². The summed E-state index contributed by atoms with van der Waals surface area (Å²) in [7, 11) is 2.06. The van der Waals surface area contributed by atoms with Crippen LogP contribution in [0.15, 0.2) is 103 Å². The summed E-state index contributed by atoms with van der Waals surface area (Å²) in [6, 6.07) is 29.9. The molecule has 1 unspecified atom stereocenters. The second-order valence-corrected chi connectivity index (χ2v) is 7.54. The fraction of sp³-hybridized carbons (Fsp3) is 0.148. The molecule has 0 bridgehead atoms. The van der Waals surface area contributed by atoms with Crippen molar-refractivity contribution in [2.24, 2.45) is 5.92 Å². The summed E-state index contributed by atoms with van der Waals surface area (Å²) in [5.41, 5.74) is 6.85. The van der Waals surface area contributed by atoms with Gasteiger partial charge >= 0.3 is 0 Å². The highest BCUT2D eigenvalue weighted by Crippen LogP contribution is 2.35. The molecule has 3 heteroatoms. The minimum atomic E-state index is -0.0153. The van der Waals surface area contributed by atoms with Gasteiger partial charge in [-0.1, -0.05) is 48.0 Å². The van der Waals surface area contributed by atoms with Crippen LogP contribution in [0.25, 0.3) is 0 Å². The monoisotopic (exact) mass is 391 g/mol. The van der Waals surface area contributed by atoms with Crippen LogP contribution in [-0.2, 0) is 0 Å². The van der Waals surface area contributed by atoms with Crippen molar-refractivity contribution in [2.75, 3.05) is 16.8 Å². The number of likely N-dealkylation sites (N-methyl/N-ethyl adjacent to an activating group) is 1. The van der Waals surface area contributed by atoms with Gasteiger partial charge in [-0.2, -0.15) is 5.26 Å². The topological polar surface area (TPSA) is 30.3 Å². The molecule has 0 amide bonds. The van der Waals surface area contributed by atoms with Crippen LogP contribution in [0.2, 0.25) is 0 Å². The Bertz CT molecular complexity index is 1090. The standard InChI is InChI=1S/C27H25N3/c1-21-8-12-26(13-9-21)30(25-6-4-3-5-7-25)27-18-16-24(17-19-27)29(2)23-14-10-22(20-28)11-15-23/h3-10,12-19,22H,11H2,1-2H3. The van der Waals surface area contributed by atoms with Crippen molar-refractivity contribution in [1.29, 1.82) is 5.26 Å². The lowest BCUT2D eigenvalue weighted by molar-refractivity contribution is 0.821. The Balaban J connectivity index is 1.63. The van der Waals surface area contributed by atoms with Crippen molar-refractivity contribution in [3.05, 3.63) is 108 Å². The summed E-state index contributed by atoms with van der Waals surface area (Å²) in [5.74, 6) is -0.0153. The van der Waals surface area contributed by atoms with E-state index in [9.17, 15) is 0 Å². The van der Waals surface area contributed by atoms with Crippen molar-refractivity contribution >= 4 is 22.7 Å². The maximum absolute atomic E-state index is 9.07. The number of nitrogens with zero attached hydrogens (tertiary/aromatic N) is 3. The lowest BCUT2D eigenvalue weighted by Crippen LogP contribution is -2.17. The van der Waals surface area contributed by atoms with Crippen LogP contribution in [0.1, 0.15) is 12.0 Å². The molecule has 1 aliphatic rings. The number of para-hydroxylation sites is 1. The van der Waals surface area contributed by atoms with Gasteiger partial charge in [0, 0.05) is 35.5 Å². The summed E-state index contributed by atoms with van der Waals surface area (Å²) >= 11 is 0. The van der Waals surface area contributed by atoms with Gasteiger partial charge in [-0.3, -0.25) is 0 Å². The zero-order valence-corrected chi connectivity index (χ0v) is 17.4. The summed E-state index contributed by atoms with van der Waals surface area (Å²) < 4.78 is 0. The molecule has 0 aliphatic heterocycles. The zero-order chi connectivity index (χ0) is 20.9. The van der Waals surface area contributed by atoms with Crippen LogP contribution >= 0.6 is 0 Å². The Morgan fingerprint density at radius 2 is 1.37 bits per heavy atom. The summed E-state index contributed by atoms with van der Waals surface area (Å²) in [5, 5.41) is 9.07. The van der Waals surface area contributed by atoms with Crippen molar-refractivity contribution in [3.8, 4) is 6.07 Å². The first-order valence-electron chi connectivity index (χ1n) is 10.2. The highest BCUT2D eigenvalue weighted by atomic mass is 15.1. The number of anilines is 4. The molecule has 0 fully saturated rings. The van der Waals surface area contributed by atoms with Gasteiger partial charge in [0.25, 0.3) is 0 Å². The fourth-order valence-electron chi connectivity index (χ4n) is 3.65. The molecule has 0 saturated heterocycles. The lowest BCUT2D eigenvalue weighted by atomic mass is 10.0. The highest BCUT2D eigenvalue weighted by molar-refractivity contribution is 5.77. The van der Waals surface area contributed by atoms with E-state index < -0.39 is 0 Å². The smallest absolute Gasteiger partial charge is 0.0700 e. The molecular weight excluding hydrogens is 366 g/mol. The van der Waals surface area contributed by atoms with E-state index in [2.05, 4.69) is 109 Å². The second kappa shape index (κ2) is 8.71. The average Bonchev–Trinajstić information content (AvgIpc) is 2.81. The Morgan fingerprint density at radius 3 is 1.93 bits per heavy atom. The second-order valence-electron chi connectivity index (χ2n) is 7.54. The number of benzene rings is 3. The number of allylic oxidation sites excluding steroid dienone is 3. The van der Waals surface area contributed by atoms with Gasteiger partial charge in [0.05, 0.1) is 12.0 Å². The summed E-state index contributed by atoms with van der Waals surface area (Å²) in [6.45, 7) is 2.11. The molecule has 0 spiro atoms. The summed E-state index contributed by atoms with van der Waals surface area (Å²) in [6.07, 6.45) is 6.91. The molecule has 0 radical (unpaired) electrons. The van der Waals surface area contributed by atoms with E-state index in [1.807, 2.05) is 18.2 Å². The van der Waals surface area contributed by atoms with E-state index in [1.54, 1.807) is 0 Å².